The summed E-state index contributed by atoms with van der Waals surface area (Å²) in [6.45, 7) is 7.73. The molecule has 1 atom stereocenters. The summed E-state index contributed by atoms with van der Waals surface area (Å²) in [5.74, 6) is 3.08. The number of hydrogen-bond donors (Lipinski definition) is 0. The molecular formula is C15H26N2O. The fourth-order valence-electron chi connectivity index (χ4n) is 3.76. The lowest BCUT2D eigenvalue weighted by Gasteiger charge is -2.34. The number of nitrogens with zero attached hydrogens (tertiary/aromatic N) is 2. The van der Waals surface area contributed by atoms with E-state index in [2.05, 4.69) is 4.90 Å². The predicted octanol–water partition coefficient (Wildman–Crippen LogP) is 1.98. The van der Waals surface area contributed by atoms with E-state index in [0.29, 0.717) is 0 Å². The van der Waals surface area contributed by atoms with Crippen LogP contribution < -0.4 is 0 Å². The third kappa shape index (κ3) is 2.87. The van der Waals surface area contributed by atoms with E-state index in [0.717, 1.165) is 30.8 Å². The molecule has 3 heteroatoms. The van der Waals surface area contributed by atoms with Gasteiger partial charge < -0.3 is 9.80 Å². The standard InChI is InChI=1S/C15H26N2O/c1-12(18)17-8-5-14(6-9-17)15-4-7-16(11-15)10-13-2-3-13/h13-15H,2-11H2,1H3. The molecule has 2 aliphatic heterocycles. The predicted molar refractivity (Wildman–Crippen MR) is 72.2 cm³/mol. The summed E-state index contributed by atoms with van der Waals surface area (Å²) in [6, 6.07) is 0. The Hall–Kier alpha value is -0.570. The van der Waals surface area contributed by atoms with Gasteiger partial charge in [0.15, 0.2) is 0 Å². The molecule has 18 heavy (non-hydrogen) atoms. The van der Waals surface area contributed by atoms with Gasteiger partial charge in [-0.1, -0.05) is 0 Å². The van der Waals surface area contributed by atoms with Gasteiger partial charge in [-0.3, -0.25) is 4.79 Å². The fourth-order valence-corrected chi connectivity index (χ4v) is 3.76. The van der Waals surface area contributed by atoms with Crippen molar-refractivity contribution < 1.29 is 4.79 Å². The number of piperidine rings is 1. The van der Waals surface area contributed by atoms with Gasteiger partial charge in [-0.2, -0.15) is 0 Å². The third-order valence-corrected chi connectivity index (χ3v) is 5.17. The maximum atomic E-state index is 11.3. The van der Waals surface area contributed by atoms with Crippen LogP contribution in [0, 0.1) is 17.8 Å². The summed E-state index contributed by atoms with van der Waals surface area (Å²) in [5, 5.41) is 0. The van der Waals surface area contributed by atoms with Crippen LogP contribution in [-0.2, 0) is 4.79 Å². The van der Waals surface area contributed by atoms with Crippen molar-refractivity contribution in [3.63, 3.8) is 0 Å². The fraction of sp³-hybridized carbons (Fsp3) is 0.933. The zero-order valence-electron chi connectivity index (χ0n) is 11.6. The van der Waals surface area contributed by atoms with Crippen LogP contribution in [0.4, 0.5) is 0 Å². The molecule has 0 aromatic heterocycles. The Kier molecular flexibility index (Phi) is 3.60. The van der Waals surface area contributed by atoms with Crippen molar-refractivity contribution in [3.8, 4) is 0 Å². The highest BCUT2D eigenvalue weighted by atomic mass is 16.2. The minimum absolute atomic E-state index is 0.259. The summed E-state index contributed by atoms with van der Waals surface area (Å²) in [5.41, 5.74) is 0. The van der Waals surface area contributed by atoms with Gasteiger partial charge in [0.05, 0.1) is 0 Å². The first-order valence-electron chi connectivity index (χ1n) is 7.70. The Morgan fingerprint density at radius 3 is 2.28 bits per heavy atom. The van der Waals surface area contributed by atoms with E-state index < -0.39 is 0 Å². The Balaban J connectivity index is 1.44. The molecule has 0 bridgehead atoms. The monoisotopic (exact) mass is 250 g/mol. The molecule has 1 saturated carbocycles. The summed E-state index contributed by atoms with van der Waals surface area (Å²) in [7, 11) is 0. The quantitative estimate of drug-likeness (QED) is 0.764. The average molecular weight is 250 g/mol. The van der Waals surface area contributed by atoms with E-state index >= 15 is 0 Å². The molecule has 0 spiro atoms. The molecule has 0 aromatic carbocycles. The van der Waals surface area contributed by atoms with Crippen molar-refractivity contribution in [1.82, 2.24) is 9.80 Å². The van der Waals surface area contributed by atoms with Crippen LogP contribution in [0.2, 0.25) is 0 Å². The largest absolute Gasteiger partial charge is 0.343 e. The summed E-state index contributed by atoms with van der Waals surface area (Å²) >= 11 is 0. The lowest BCUT2D eigenvalue weighted by atomic mass is 9.84. The van der Waals surface area contributed by atoms with Crippen molar-refractivity contribution in [2.75, 3.05) is 32.7 Å². The van der Waals surface area contributed by atoms with Crippen LogP contribution in [-0.4, -0.2) is 48.4 Å². The average Bonchev–Trinajstić information content (AvgIpc) is 3.05. The number of hydrogen-bond acceptors (Lipinski definition) is 2. The molecule has 1 aliphatic carbocycles. The molecule has 3 fully saturated rings. The second-order valence-electron chi connectivity index (χ2n) is 6.60. The molecule has 1 unspecified atom stereocenters. The Morgan fingerprint density at radius 1 is 1.00 bits per heavy atom. The first kappa shape index (κ1) is 12.5. The third-order valence-electron chi connectivity index (χ3n) is 5.17. The molecule has 3 nitrogen and oxygen atoms in total. The zero-order valence-corrected chi connectivity index (χ0v) is 11.6. The highest BCUT2D eigenvalue weighted by Crippen LogP contribution is 2.35. The smallest absolute Gasteiger partial charge is 0.219 e. The van der Waals surface area contributed by atoms with Gasteiger partial charge >= 0.3 is 0 Å². The van der Waals surface area contributed by atoms with Gasteiger partial charge in [0, 0.05) is 33.1 Å². The van der Waals surface area contributed by atoms with Crippen LogP contribution in [0.3, 0.4) is 0 Å². The molecule has 1 amide bonds. The number of rotatable bonds is 3. The van der Waals surface area contributed by atoms with Crippen molar-refractivity contribution in [3.05, 3.63) is 0 Å². The summed E-state index contributed by atoms with van der Waals surface area (Å²) < 4.78 is 0. The second-order valence-corrected chi connectivity index (χ2v) is 6.60. The highest BCUT2D eigenvalue weighted by molar-refractivity contribution is 5.73. The van der Waals surface area contributed by atoms with Gasteiger partial charge in [0.1, 0.15) is 0 Å². The normalized spacial score (nSPS) is 30.9. The number of carbonyl (C=O) groups is 1. The van der Waals surface area contributed by atoms with Gasteiger partial charge in [-0.05, 0) is 56.4 Å². The molecule has 3 aliphatic rings. The molecule has 0 radical (unpaired) electrons. The van der Waals surface area contributed by atoms with E-state index in [1.165, 1.54) is 51.7 Å². The Bertz CT molecular complexity index is 306. The van der Waals surface area contributed by atoms with Gasteiger partial charge in [0.2, 0.25) is 5.91 Å². The van der Waals surface area contributed by atoms with Gasteiger partial charge in [-0.15, -0.1) is 0 Å². The maximum absolute atomic E-state index is 11.3. The molecule has 0 aromatic rings. The van der Waals surface area contributed by atoms with Crippen molar-refractivity contribution >= 4 is 5.91 Å². The number of carbonyl (C=O) groups excluding carboxylic acids is 1. The van der Waals surface area contributed by atoms with Crippen LogP contribution in [0.1, 0.15) is 39.0 Å². The molecule has 3 rings (SSSR count). The first-order chi connectivity index (χ1) is 8.72. The van der Waals surface area contributed by atoms with E-state index in [1.807, 2.05) is 4.90 Å². The van der Waals surface area contributed by atoms with Crippen LogP contribution in [0.25, 0.3) is 0 Å². The maximum Gasteiger partial charge on any atom is 0.219 e. The second kappa shape index (κ2) is 5.20. The van der Waals surface area contributed by atoms with E-state index in [1.54, 1.807) is 6.92 Å². The minimum atomic E-state index is 0.259. The highest BCUT2D eigenvalue weighted by Gasteiger charge is 2.34. The van der Waals surface area contributed by atoms with Crippen molar-refractivity contribution in [2.24, 2.45) is 17.8 Å². The molecule has 0 N–H and O–H groups in total. The zero-order chi connectivity index (χ0) is 12.5. The van der Waals surface area contributed by atoms with E-state index in [-0.39, 0.29) is 5.91 Å². The lowest BCUT2D eigenvalue weighted by molar-refractivity contribution is -0.130. The van der Waals surface area contributed by atoms with E-state index in [4.69, 9.17) is 0 Å². The van der Waals surface area contributed by atoms with E-state index in [9.17, 15) is 4.79 Å². The van der Waals surface area contributed by atoms with Crippen LogP contribution >= 0.6 is 0 Å². The van der Waals surface area contributed by atoms with Crippen LogP contribution in [0.15, 0.2) is 0 Å². The summed E-state index contributed by atoms with van der Waals surface area (Å²) in [4.78, 5) is 16.0. The molecule has 2 heterocycles. The molecular weight excluding hydrogens is 224 g/mol. The van der Waals surface area contributed by atoms with Crippen LogP contribution in [0.5, 0.6) is 0 Å². The topological polar surface area (TPSA) is 23.6 Å². The van der Waals surface area contributed by atoms with Gasteiger partial charge in [0.25, 0.3) is 0 Å². The molecule has 102 valence electrons. The van der Waals surface area contributed by atoms with Gasteiger partial charge in [-0.25, -0.2) is 0 Å². The SMILES string of the molecule is CC(=O)N1CCC(C2CCN(CC3CC3)C2)CC1. The molecule has 2 saturated heterocycles. The lowest BCUT2D eigenvalue weighted by Crippen LogP contribution is -2.39. The number of likely N-dealkylation sites (tertiary alicyclic amines) is 2. The number of amides is 1. The summed E-state index contributed by atoms with van der Waals surface area (Å²) in [6.07, 6.45) is 6.82. The van der Waals surface area contributed by atoms with Crippen molar-refractivity contribution in [2.45, 2.75) is 39.0 Å². The first-order valence-corrected chi connectivity index (χ1v) is 7.70. The minimum Gasteiger partial charge on any atom is -0.343 e. The Labute approximate surface area is 111 Å². The Morgan fingerprint density at radius 2 is 1.67 bits per heavy atom. The van der Waals surface area contributed by atoms with Crippen molar-refractivity contribution in [1.29, 1.82) is 0 Å².